The molecule has 1 N–H and O–H groups in total. The van der Waals surface area contributed by atoms with Crippen LogP contribution >= 0.6 is 15.9 Å². The van der Waals surface area contributed by atoms with Gasteiger partial charge in [0, 0.05) is 11.0 Å². The largest absolute Gasteiger partial charge is 0.456 e. The van der Waals surface area contributed by atoms with Gasteiger partial charge in [-0.25, -0.2) is 4.39 Å². The zero-order valence-electron chi connectivity index (χ0n) is 10.6. The Bertz CT molecular complexity index is 673. The fourth-order valence-electron chi connectivity index (χ4n) is 2.04. The summed E-state index contributed by atoms with van der Waals surface area (Å²) in [4.78, 5) is 4.26. The van der Waals surface area contributed by atoms with Crippen molar-refractivity contribution in [2.24, 2.45) is 4.99 Å². The number of aliphatic imine (C=N–C) groups is 1. The van der Waals surface area contributed by atoms with Crippen molar-refractivity contribution in [2.75, 3.05) is 13.1 Å². The molecule has 0 atom stereocenters. The quantitative estimate of drug-likeness (QED) is 0.927. The van der Waals surface area contributed by atoms with Gasteiger partial charge in [0.25, 0.3) is 0 Å². The van der Waals surface area contributed by atoms with Crippen molar-refractivity contribution in [1.82, 2.24) is 5.32 Å². The maximum Gasteiger partial charge on any atom is 0.141 e. The fraction of sp³-hybridized carbons (Fsp3) is 0.133. The Labute approximate surface area is 124 Å². The second-order valence-corrected chi connectivity index (χ2v) is 5.25. The molecule has 102 valence electrons. The van der Waals surface area contributed by atoms with Gasteiger partial charge in [-0.2, -0.15) is 0 Å². The number of ether oxygens (including phenoxy) is 1. The van der Waals surface area contributed by atoms with Gasteiger partial charge in [0.2, 0.25) is 0 Å². The summed E-state index contributed by atoms with van der Waals surface area (Å²) in [5.74, 6) is 1.31. The summed E-state index contributed by atoms with van der Waals surface area (Å²) in [6, 6.07) is 12.2. The number of nitrogens with one attached hydrogen (secondary N) is 1. The molecule has 0 aliphatic carbocycles. The van der Waals surface area contributed by atoms with E-state index in [-0.39, 0.29) is 5.82 Å². The third kappa shape index (κ3) is 2.67. The summed E-state index contributed by atoms with van der Waals surface area (Å²) in [6.45, 7) is 1.37. The van der Waals surface area contributed by atoms with Crippen LogP contribution in [-0.2, 0) is 0 Å². The predicted octanol–water partition coefficient (Wildman–Crippen LogP) is 3.73. The average molecular weight is 335 g/mol. The highest BCUT2D eigenvalue weighted by Gasteiger charge is 2.18. The van der Waals surface area contributed by atoms with Crippen molar-refractivity contribution in [1.29, 1.82) is 0 Å². The van der Waals surface area contributed by atoms with Gasteiger partial charge in [0.15, 0.2) is 0 Å². The van der Waals surface area contributed by atoms with Crippen LogP contribution in [0.1, 0.15) is 5.56 Å². The van der Waals surface area contributed by atoms with Gasteiger partial charge in [-0.05, 0) is 30.3 Å². The van der Waals surface area contributed by atoms with Crippen LogP contribution in [0.4, 0.5) is 4.39 Å². The molecular weight excluding hydrogens is 323 g/mol. The monoisotopic (exact) mass is 334 g/mol. The Hall–Kier alpha value is -1.88. The lowest BCUT2D eigenvalue weighted by atomic mass is 10.1. The third-order valence-electron chi connectivity index (χ3n) is 2.91. The van der Waals surface area contributed by atoms with Crippen molar-refractivity contribution in [3.63, 3.8) is 0 Å². The summed E-state index contributed by atoms with van der Waals surface area (Å²) in [6.07, 6.45) is 0. The van der Waals surface area contributed by atoms with E-state index < -0.39 is 0 Å². The highest BCUT2D eigenvalue weighted by atomic mass is 79.9. The van der Waals surface area contributed by atoms with Crippen LogP contribution < -0.4 is 10.1 Å². The molecule has 0 bridgehead atoms. The van der Waals surface area contributed by atoms with E-state index in [4.69, 9.17) is 4.74 Å². The molecule has 0 radical (unpaired) electrons. The van der Waals surface area contributed by atoms with Crippen molar-refractivity contribution in [2.45, 2.75) is 0 Å². The molecule has 0 spiro atoms. The van der Waals surface area contributed by atoms with Crippen LogP contribution in [0, 0.1) is 5.82 Å². The standard InChI is InChI=1S/C15H12BrFN2O/c16-10-3-1-4-11(9-10)20-13-6-2-5-12(17)14(13)15-18-7-8-19-15/h1-6,9H,7-8H2,(H,18,19). The molecule has 3 nitrogen and oxygen atoms in total. The van der Waals surface area contributed by atoms with Gasteiger partial charge in [-0.3, -0.25) is 4.99 Å². The molecule has 0 saturated carbocycles. The van der Waals surface area contributed by atoms with E-state index in [0.717, 1.165) is 11.0 Å². The van der Waals surface area contributed by atoms with Gasteiger partial charge < -0.3 is 10.1 Å². The van der Waals surface area contributed by atoms with Crippen LogP contribution in [0.5, 0.6) is 11.5 Å². The highest BCUT2D eigenvalue weighted by molar-refractivity contribution is 9.10. The predicted molar refractivity (Wildman–Crippen MR) is 80.0 cm³/mol. The number of benzene rings is 2. The second-order valence-electron chi connectivity index (χ2n) is 4.33. The molecule has 0 fully saturated rings. The SMILES string of the molecule is Fc1cccc(Oc2cccc(Br)c2)c1C1=NCCN1. The molecule has 0 aromatic heterocycles. The van der Waals surface area contributed by atoms with Crippen LogP contribution in [0.25, 0.3) is 0 Å². The molecule has 1 aliphatic rings. The number of hydrogen-bond acceptors (Lipinski definition) is 3. The van der Waals surface area contributed by atoms with Crippen molar-refractivity contribution >= 4 is 21.8 Å². The maximum absolute atomic E-state index is 14.1. The lowest BCUT2D eigenvalue weighted by molar-refractivity contribution is 0.474. The Kier molecular flexibility index (Phi) is 3.69. The molecule has 0 saturated heterocycles. The smallest absolute Gasteiger partial charge is 0.141 e. The van der Waals surface area contributed by atoms with Crippen molar-refractivity contribution in [3.8, 4) is 11.5 Å². The molecule has 2 aromatic carbocycles. The fourth-order valence-corrected chi connectivity index (χ4v) is 2.42. The van der Waals surface area contributed by atoms with Crippen molar-refractivity contribution < 1.29 is 9.13 Å². The number of halogens is 2. The van der Waals surface area contributed by atoms with E-state index in [1.165, 1.54) is 6.07 Å². The summed E-state index contributed by atoms with van der Waals surface area (Å²) in [5, 5.41) is 3.07. The van der Waals surface area contributed by atoms with Gasteiger partial charge in [0.1, 0.15) is 23.2 Å². The van der Waals surface area contributed by atoms with E-state index in [2.05, 4.69) is 26.2 Å². The lowest BCUT2D eigenvalue weighted by Gasteiger charge is -2.12. The van der Waals surface area contributed by atoms with Gasteiger partial charge in [-0.1, -0.05) is 28.1 Å². The first-order valence-electron chi connectivity index (χ1n) is 6.24. The Morgan fingerprint density at radius 3 is 2.80 bits per heavy atom. The first-order valence-corrected chi connectivity index (χ1v) is 7.04. The summed E-state index contributed by atoms with van der Waals surface area (Å²) in [5.41, 5.74) is 0.380. The van der Waals surface area contributed by atoms with Gasteiger partial charge >= 0.3 is 0 Å². The minimum absolute atomic E-state index is 0.342. The van der Waals surface area contributed by atoms with Crippen molar-refractivity contribution in [3.05, 3.63) is 58.3 Å². The first-order chi connectivity index (χ1) is 9.74. The van der Waals surface area contributed by atoms with Crippen LogP contribution in [-0.4, -0.2) is 18.9 Å². The summed E-state index contributed by atoms with van der Waals surface area (Å²) in [7, 11) is 0. The first kappa shape index (κ1) is 13.1. The van der Waals surface area contributed by atoms with E-state index in [0.29, 0.717) is 29.4 Å². The molecule has 1 aliphatic heterocycles. The minimum atomic E-state index is -0.342. The molecule has 3 rings (SSSR count). The van der Waals surface area contributed by atoms with E-state index >= 15 is 0 Å². The Morgan fingerprint density at radius 1 is 1.20 bits per heavy atom. The summed E-state index contributed by atoms with van der Waals surface area (Å²) >= 11 is 3.38. The summed E-state index contributed by atoms with van der Waals surface area (Å²) < 4.78 is 20.8. The molecule has 1 heterocycles. The van der Waals surface area contributed by atoms with E-state index in [1.807, 2.05) is 24.3 Å². The number of hydrogen-bond donors (Lipinski definition) is 1. The Morgan fingerprint density at radius 2 is 2.05 bits per heavy atom. The molecule has 0 amide bonds. The van der Waals surface area contributed by atoms with Crippen LogP contribution in [0.2, 0.25) is 0 Å². The normalized spacial score (nSPS) is 13.8. The molecule has 0 unspecified atom stereocenters. The molecule has 20 heavy (non-hydrogen) atoms. The van der Waals surface area contributed by atoms with Gasteiger partial charge in [-0.15, -0.1) is 0 Å². The molecule has 5 heteroatoms. The topological polar surface area (TPSA) is 33.6 Å². The number of nitrogens with zero attached hydrogens (tertiary/aromatic N) is 1. The van der Waals surface area contributed by atoms with E-state index in [9.17, 15) is 4.39 Å². The van der Waals surface area contributed by atoms with Gasteiger partial charge in [0.05, 0.1) is 12.1 Å². The average Bonchev–Trinajstić information content (AvgIpc) is 2.92. The highest BCUT2D eigenvalue weighted by Crippen LogP contribution is 2.29. The number of amidine groups is 1. The maximum atomic E-state index is 14.1. The van der Waals surface area contributed by atoms with E-state index in [1.54, 1.807) is 12.1 Å². The second kappa shape index (κ2) is 5.63. The zero-order valence-corrected chi connectivity index (χ0v) is 12.2. The molecule has 2 aromatic rings. The minimum Gasteiger partial charge on any atom is -0.456 e. The van der Waals surface area contributed by atoms with Crippen LogP contribution in [0.15, 0.2) is 51.9 Å². The molecular formula is C15H12BrFN2O. The third-order valence-corrected chi connectivity index (χ3v) is 3.40. The van der Waals surface area contributed by atoms with Crippen LogP contribution in [0.3, 0.4) is 0 Å². The number of rotatable bonds is 3. The lowest BCUT2D eigenvalue weighted by Crippen LogP contribution is -2.21. The Balaban J connectivity index is 1.99. The zero-order chi connectivity index (χ0) is 13.9.